The van der Waals surface area contributed by atoms with Gasteiger partial charge >= 0.3 is 0 Å². The minimum absolute atomic E-state index is 0.134. The van der Waals surface area contributed by atoms with Crippen molar-refractivity contribution in [2.24, 2.45) is 0 Å². The molecule has 1 saturated heterocycles. The number of thioether (sulfide) groups is 1. The van der Waals surface area contributed by atoms with Gasteiger partial charge in [0.2, 0.25) is 5.91 Å². The highest BCUT2D eigenvalue weighted by atomic mass is 32.2. The van der Waals surface area contributed by atoms with Crippen LogP contribution in [0.1, 0.15) is 18.3 Å². The number of benzene rings is 1. The first-order valence-corrected chi connectivity index (χ1v) is 9.00. The maximum absolute atomic E-state index is 12.6. The molecule has 0 radical (unpaired) electrons. The van der Waals surface area contributed by atoms with Crippen LogP contribution in [0.4, 0.5) is 0 Å². The van der Waals surface area contributed by atoms with Crippen molar-refractivity contribution in [3.8, 4) is 0 Å². The van der Waals surface area contributed by atoms with Gasteiger partial charge < -0.3 is 14.2 Å². The SMILES string of the molecule is Cc1nnc(SC(C)C(=O)N2CCOCC2)n1Cc1ccccc1. The molecule has 1 fully saturated rings. The van der Waals surface area contributed by atoms with E-state index in [1.165, 1.54) is 17.3 Å². The summed E-state index contributed by atoms with van der Waals surface area (Å²) < 4.78 is 7.37. The molecule has 0 aliphatic carbocycles. The average Bonchev–Trinajstić information content (AvgIpc) is 2.96. The van der Waals surface area contributed by atoms with Crippen molar-refractivity contribution in [1.29, 1.82) is 0 Å². The molecule has 0 N–H and O–H groups in total. The Morgan fingerprint density at radius 3 is 2.67 bits per heavy atom. The Kier molecular flexibility index (Phi) is 5.52. The number of aromatic nitrogens is 3. The predicted molar refractivity (Wildman–Crippen MR) is 93.0 cm³/mol. The highest BCUT2D eigenvalue weighted by Gasteiger charge is 2.25. The number of nitrogens with zero attached hydrogens (tertiary/aromatic N) is 4. The lowest BCUT2D eigenvalue weighted by Crippen LogP contribution is -2.44. The number of amides is 1. The summed E-state index contributed by atoms with van der Waals surface area (Å²) in [5.74, 6) is 0.989. The minimum Gasteiger partial charge on any atom is -0.378 e. The molecule has 24 heavy (non-hydrogen) atoms. The van der Waals surface area contributed by atoms with Crippen LogP contribution in [-0.2, 0) is 16.1 Å². The van der Waals surface area contributed by atoms with E-state index in [4.69, 9.17) is 4.74 Å². The molecule has 1 atom stereocenters. The van der Waals surface area contributed by atoms with Gasteiger partial charge in [0.15, 0.2) is 5.16 Å². The highest BCUT2D eigenvalue weighted by molar-refractivity contribution is 8.00. The van der Waals surface area contributed by atoms with E-state index in [0.29, 0.717) is 32.8 Å². The molecule has 2 aromatic rings. The maximum atomic E-state index is 12.6. The van der Waals surface area contributed by atoms with Crippen molar-refractivity contribution in [3.63, 3.8) is 0 Å². The average molecular weight is 346 g/mol. The van der Waals surface area contributed by atoms with E-state index in [9.17, 15) is 4.79 Å². The van der Waals surface area contributed by atoms with Gasteiger partial charge in [0.25, 0.3) is 0 Å². The number of hydrogen-bond donors (Lipinski definition) is 0. The summed E-state index contributed by atoms with van der Waals surface area (Å²) in [6, 6.07) is 10.2. The first kappa shape index (κ1) is 17.0. The van der Waals surface area contributed by atoms with E-state index in [0.717, 1.165) is 11.0 Å². The molecule has 1 aliphatic heterocycles. The van der Waals surface area contributed by atoms with Crippen LogP contribution < -0.4 is 0 Å². The first-order chi connectivity index (χ1) is 11.6. The second kappa shape index (κ2) is 7.81. The quantitative estimate of drug-likeness (QED) is 0.775. The third kappa shape index (κ3) is 3.96. The number of ether oxygens (including phenoxy) is 1. The number of hydrogen-bond acceptors (Lipinski definition) is 5. The predicted octanol–water partition coefficient (Wildman–Crippen LogP) is 1.97. The van der Waals surface area contributed by atoms with Crippen LogP contribution in [0.5, 0.6) is 0 Å². The number of aryl methyl sites for hydroxylation is 1. The van der Waals surface area contributed by atoms with Gasteiger partial charge in [0.05, 0.1) is 25.0 Å². The van der Waals surface area contributed by atoms with Crippen molar-refractivity contribution in [3.05, 3.63) is 41.7 Å². The fraction of sp³-hybridized carbons (Fsp3) is 0.471. The van der Waals surface area contributed by atoms with Gasteiger partial charge in [-0.05, 0) is 19.4 Å². The Morgan fingerprint density at radius 2 is 1.96 bits per heavy atom. The van der Waals surface area contributed by atoms with Crippen molar-refractivity contribution in [2.75, 3.05) is 26.3 Å². The lowest BCUT2D eigenvalue weighted by atomic mass is 10.2. The Labute approximate surface area is 146 Å². The highest BCUT2D eigenvalue weighted by Crippen LogP contribution is 2.24. The molecule has 1 aromatic carbocycles. The van der Waals surface area contributed by atoms with Crippen LogP contribution >= 0.6 is 11.8 Å². The van der Waals surface area contributed by atoms with Crippen molar-refractivity contribution >= 4 is 17.7 Å². The zero-order chi connectivity index (χ0) is 16.9. The first-order valence-electron chi connectivity index (χ1n) is 8.12. The third-order valence-corrected chi connectivity index (χ3v) is 5.11. The summed E-state index contributed by atoms with van der Waals surface area (Å²) in [5, 5.41) is 9.03. The molecule has 2 heterocycles. The zero-order valence-corrected chi connectivity index (χ0v) is 14.8. The number of rotatable bonds is 5. The van der Waals surface area contributed by atoms with Gasteiger partial charge in [-0.25, -0.2) is 0 Å². The second-order valence-corrected chi connectivity index (χ2v) is 7.11. The molecule has 0 saturated carbocycles. The molecule has 6 nitrogen and oxygen atoms in total. The number of carbonyl (C=O) groups excluding carboxylic acids is 1. The number of carbonyl (C=O) groups is 1. The van der Waals surface area contributed by atoms with Crippen LogP contribution in [-0.4, -0.2) is 57.1 Å². The summed E-state index contributed by atoms with van der Waals surface area (Å²) in [5.41, 5.74) is 1.19. The van der Waals surface area contributed by atoms with E-state index in [-0.39, 0.29) is 11.2 Å². The minimum atomic E-state index is -0.193. The fourth-order valence-corrected chi connectivity index (χ4v) is 3.62. The lowest BCUT2D eigenvalue weighted by molar-refractivity contribution is -0.134. The standard InChI is InChI=1S/C17H22N4O2S/c1-13(16(22)20-8-10-23-11-9-20)24-17-19-18-14(2)21(17)12-15-6-4-3-5-7-15/h3-7,13H,8-12H2,1-2H3. The molecule has 0 bridgehead atoms. The van der Waals surface area contributed by atoms with Crippen LogP contribution in [0.25, 0.3) is 0 Å². The van der Waals surface area contributed by atoms with Gasteiger partial charge in [-0.3, -0.25) is 4.79 Å². The summed E-state index contributed by atoms with van der Waals surface area (Å²) in [4.78, 5) is 14.4. The molecule has 128 valence electrons. The van der Waals surface area contributed by atoms with E-state index >= 15 is 0 Å². The van der Waals surface area contributed by atoms with Gasteiger partial charge in [-0.15, -0.1) is 10.2 Å². The van der Waals surface area contributed by atoms with Crippen LogP contribution in [0.3, 0.4) is 0 Å². The molecular weight excluding hydrogens is 324 g/mol. The topological polar surface area (TPSA) is 60.3 Å². The molecule has 3 rings (SSSR count). The van der Waals surface area contributed by atoms with E-state index < -0.39 is 0 Å². The fourth-order valence-electron chi connectivity index (χ4n) is 2.65. The molecule has 7 heteroatoms. The number of morpholine rings is 1. The monoisotopic (exact) mass is 346 g/mol. The molecule has 1 aliphatic rings. The van der Waals surface area contributed by atoms with E-state index in [2.05, 4.69) is 26.9 Å². The van der Waals surface area contributed by atoms with Gasteiger partial charge in [-0.1, -0.05) is 42.1 Å². The normalized spacial score (nSPS) is 16.2. The molecule has 1 aromatic heterocycles. The van der Waals surface area contributed by atoms with E-state index in [1.807, 2.05) is 36.9 Å². The Morgan fingerprint density at radius 1 is 1.25 bits per heavy atom. The van der Waals surface area contributed by atoms with Crippen LogP contribution in [0, 0.1) is 6.92 Å². The van der Waals surface area contributed by atoms with Crippen molar-refractivity contribution in [1.82, 2.24) is 19.7 Å². The van der Waals surface area contributed by atoms with Crippen LogP contribution in [0.2, 0.25) is 0 Å². The van der Waals surface area contributed by atoms with E-state index in [1.54, 1.807) is 0 Å². The molecule has 0 spiro atoms. The lowest BCUT2D eigenvalue weighted by Gasteiger charge is -2.28. The van der Waals surface area contributed by atoms with Crippen molar-refractivity contribution in [2.45, 2.75) is 30.8 Å². The summed E-state index contributed by atoms with van der Waals surface area (Å²) >= 11 is 1.47. The Bertz CT molecular complexity index is 683. The zero-order valence-electron chi connectivity index (χ0n) is 14.0. The third-order valence-electron chi connectivity index (χ3n) is 4.04. The van der Waals surface area contributed by atoms with Crippen molar-refractivity contribution < 1.29 is 9.53 Å². The molecule has 1 amide bonds. The largest absolute Gasteiger partial charge is 0.378 e. The maximum Gasteiger partial charge on any atom is 0.236 e. The molecular formula is C17H22N4O2S. The second-order valence-electron chi connectivity index (χ2n) is 5.80. The smallest absolute Gasteiger partial charge is 0.236 e. The summed E-state index contributed by atoms with van der Waals surface area (Å²) in [6.45, 7) is 7.14. The Hall–Kier alpha value is -1.86. The Balaban J connectivity index is 1.69. The van der Waals surface area contributed by atoms with Crippen LogP contribution in [0.15, 0.2) is 35.5 Å². The summed E-state index contributed by atoms with van der Waals surface area (Å²) in [7, 11) is 0. The van der Waals surface area contributed by atoms with Gasteiger partial charge in [-0.2, -0.15) is 0 Å². The summed E-state index contributed by atoms with van der Waals surface area (Å²) in [6.07, 6.45) is 0. The van der Waals surface area contributed by atoms with Gasteiger partial charge in [0, 0.05) is 13.1 Å². The molecule has 1 unspecified atom stereocenters. The van der Waals surface area contributed by atoms with Gasteiger partial charge in [0.1, 0.15) is 5.82 Å².